The fraction of sp³-hybridized carbons (Fsp3) is 0.300. The van der Waals surface area contributed by atoms with E-state index in [9.17, 15) is 9.59 Å². The van der Waals surface area contributed by atoms with Gasteiger partial charge in [-0.2, -0.15) is 0 Å². The Hall–Kier alpha value is -2.82. The summed E-state index contributed by atoms with van der Waals surface area (Å²) in [6.45, 7) is 6.23. The first-order valence-electron chi connectivity index (χ1n) is 8.39. The highest BCUT2D eigenvalue weighted by Crippen LogP contribution is 2.34. The van der Waals surface area contributed by atoms with E-state index in [-0.39, 0.29) is 11.8 Å². The second-order valence-corrected chi connectivity index (χ2v) is 6.23. The zero-order chi connectivity index (χ0) is 18.1. The standard InChI is InChI=1S/C20H22N2O3/c1-5-22(16-8-6-7-13(2)11-16)20(24)15-9-10-17-18(12-15)25-14(3)19(23)21(17)4/h6-12,14H,5H2,1-4H3. The van der Waals surface area contributed by atoms with Gasteiger partial charge >= 0.3 is 0 Å². The second kappa shape index (κ2) is 6.59. The number of ether oxygens (including phenoxy) is 1. The van der Waals surface area contributed by atoms with Gasteiger partial charge in [-0.1, -0.05) is 12.1 Å². The number of hydrogen-bond acceptors (Lipinski definition) is 3. The molecule has 0 bridgehead atoms. The first kappa shape index (κ1) is 17.0. The van der Waals surface area contributed by atoms with E-state index in [1.807, 2.05) is 38.1 Å². The number of aryl methyl sites for hydroxylation is 1. The van der Waals surface area contributed by atoms with Crippen molar-refractivity contribution < 1.29 is 14.3 Å². The van der Waals surface area contributed by atoms with E-state index in [1.165, 1.54) is 0 Å². The van der Waals surface area contributed by atoms with Crippen LogP contribution >= 0.6 is 0 Å². The monoisotopic (exact) mass is 338 g/mol. The van der Waals surface area contributed by atoms with Crippen molar-refractivity contribution in [2.24, 2.45) is 0 Å². The molecule has 5 nitrogen and oxygen atoms in total. The minimum Gasteiger partial charge on any atom is -0.479 e. The van der Waals surface area contributed by atoms with Crippen LogP contribution in [0.1, 0.15) is 29.8 Å². The van der Waals surface area contributed by atoms with Crippen LogP contribution in [0.2, 0.25) is 0 Å². The van der Waals surface area contributed by atoms with Crippen molar-refractivity contribution in [1.29, 1.82) is 0 Å². The maximum Gasteiger partial charge on any atom is 0.267 e. The molecule has 1 aliphatic rings. The quantitative estimate of drug-likeness (QED) is 0.862. The van der Waals surface area contributed by atoms with Crippen molar-refractivity contribution in [3.05, 3.63) is 53.6 Å². The molecule has 130 valence electrons. The van der Waals surface area contributed by atoms with Crippen LogP contribution in [0, 0.1) is 6.92 Å². The zero-order valence-electron chi connectivity index (χ0n) is 14.9. The van der Waals surface area contributed by atoms with Gasteiger partial charge in [-0.15, -0.1) is 0 Å². The number of fused-ring (bicyclic) bond motifs is 1. The molecule has 0 fully saturated rings. The molecular formula is C20H22N2O3. The van der Waals surface area contributed by atoms with Gasteiger partial charge in [0.15, 0.2) is 6.10 Å². The SMILES string of the molecule is CCN(C(=O)c1ccc2c(c1)OC(C)C(=O)N2C)c1cccc(C)c1. The van der Waals surface area contributed by atoms with Crippen LogP contribution < -0.4 is 14.5 Å². The molecular weight excluding hydrogens is 316 g/mol. The van der Waals surface area contributed by atoms with Crippen LogP contribution in [0.25, 0.3) is 0 Å². The van der Waals surface area contributed by atoms with Gasteiger partial charge < -0.3 is 14.5 Å². The molecule has 1 unspecified atom stereocenters. The summed E-state index contributed by atoms with van der Waals surface area (Å²) in [5.74, 6) is 0.369. The van der Waals surface area contributed by atoms with Gasteiger partial charge in [0.25, 0.3) is 11.8 Å². The third-order valence-electron chi connectivity index (χ3n) is 4.42. The van der Waals surface area contributed by atoms with Gasteiger partial charge in [-0.25, -0.2) is 0 Å². The van der Waals surface area contributed by atoms with Crippen LogP contribution in [-0.2, 0) is 4.79 Å². The number of carbonyl (C=O) groups excluding carboxylic acids is 2. The number of hydrogen-bond donors (Lipinski definition) is 0. The second-order valence-electron chi connectivity index (χ2n) is 6.23. The van der Waals surface area contributed by atoms with Gasteiger partial charge in [-0.05, 0) is 56.7 Å². The smallest absolute Gasteiger partial charge is 0.267 e. The van der Waals surface area contributed by atoms with E-state index >= 15 is 0 Å². The van der Waals surface area contributed by atoms with E-state index in [2.05, 4.69) is 0 Å². The summed E-state index contributed by atoms with van der Waals surface area (Å²) in [5.41, 5.74) is 3.19. The highest BCUT2D eigenvalue weighted by atomic mass is 16.5. The van der Waals surface area contributed by atoms with Crippen molar-refractivity contribution in [3.63, 3.8) is 0 Å². The molecule has 2 aromatic rings. The van der Waals surface area contributed by atoms with Crippen molar-refractivity contribution in [3.8, 4) is 5.75 Å². The number of amides is 2. The Morgan fingerprint density at radius 2 is 2.00 bits per heavy atom. The summed E-state index contributed by atoms with van der Waals surface area (Å²) in [6.07, 6.45) is -0.554. The zero-order valence-corrected chi connectivity index (χ0v) is 14.9. The minimum absolute atomic E-state index is 0.0910. The molecule has 2 amide bonds. The first-order chi connectivity index (χ1) is 11.9. The highest BCUT2D eigenvalue weighted by Gasteiger charge is 2.30. The molecule has 0 saturated heterocycles. The van der Waals surface area contributed by atoms with Crippen molar-refractivity contribution in [2.45, 2.75) is 26.9 Å². The van der Waals surface area contributed by atoms with Crippen LogP contribution in [0.4, 0.5) is 11.4 Å². The summed E-state index contributed by atoms with van der Waals surface area (Å²) < 4.78 is 5.68. The van der Waals surface area contributed by atoms with Gasteiger partial charge in [0.1, 0.15) is 5.75 Å². The molecule has 0 aliphatic carbocycles. The predicted octanol–water partition coefficient (Wildman–Crippen LogP) is 3.41. The number of likely N-dealkylation sites (N-methyl/N-ethyl adjacent to an activating group) is 1. The lowest BCUT2D eigenvalue weighted by Crippen LogP contribution is -2.42. The molecule has 0 radical (unpaired) electrons. The molecule has 1 aliphatic heterocycles. The molecule has 0 spiro atoms. The normalized spacial score (nSPS) is 16.2. The lowest BCUT2D eigenvalue weighted by molar-refractivity contribution is -0.125. The molecule has 0 saturated carbocycles. The Morgan fingerprint density at radius 1 is 1.24 bits per heavy atom. The van der Waals surface area contributed by atoms with E-state index in [0.29, 0.717) is 23.5 Å². The summed E-state index contributed by atoms with van der Waals surface area (Å²) in [4.78, 5) is 28.3. The topological polar surface area (TPSA) is 49.9 Å². The van der Waals surface area contributed by atoms with Crippen LogP contribution in [0.5, 0.6) is 5.75 Å². The summed E-state index contributed by atoms with van der Waals surface area (Å²) in [7, 11) is 1.72. The van der Waals surface area contributed by atoms with Gasteiger partial charge in [0.05, 0.1) is 5.69 Å². The molecule has 0 N–H and O–H groups in total. The average Bonchev–Trinajstić information content (AvgIpc) is 2.60. The summed E-state index contributed by atoms with van der Waals surface area (Å²) in [5, 5.41) is 0. The molecule has 25 heavy (non-hydrogen) atoms. The average molecular weight is 338 g/mol. The number of carbonyl (C=O) groups is 2. The third-order valence-corrected chi connectivity index (χ3v) is 4.42. The Balaban J connectivity index is 1.95. The maximum absolute atomic E-state index is 13.0. The van der Waals surface area contributed by atoms with Crippen molar-refractivity contribution in [1.82, 2.24) is 0 Å². The third kappa shape index (κ3) is 3.09. The van der Waals surface area contributed by atoms with Gasteiger partial charge in [-0.3, -0.25) is 9.59 Å². The number of rotatable bonds is 3. The maximum atomic E-state index is 13.0. The minimum atomic E-state index is -0.554. The lowest BCUT2D eigenvalue weighted by atomic mass is 10.1. The van der Waals surface area contributed by atoms with Crippen LogP contribution in [0.3, 0.4) is 0 Å². The molecule has 1 heterocycles. The molecule has 2 aromatic carbocycles. The van der Waals surface area contributed by atoms with Gasteiger partial charge in [0, 0.05) is 24.8 Å². The van der Waals surface area contributed by atoms with E-state index in [0.717, 1.165) is 11.3 Å². The Kier molecular flexibility index (Phi) is 4.49. The van der Waals surface area contributed by atoms with Crippen molar-refractivity contribution >= 4 is 23.2 Å². The molecule has 1 atom stereocenters. The largest absolute Gasteiger partial charge is 0.479 e. The first-order valence-corrected chi connectivity index (χ1v) is 8.39. The van der Waals surface area contributed by atoms with Crippen LogP contribution in [0.15, 0.2) is 42.5 Å². The fourth-order valence-corrected chi connectivity index (χ4v) is 3.05. The van der Waals surface area contributed by atoms with E-state index < -0.39 is 6.10 Å². The summed E-state index contributed by atoms with van der Waals surface area (Å²) in [6, 6.07) is 13.1. The number of nitrogens with zero attached hydrogens (tertiary/aromatic N) is 2. The van der Waals surface area contributed by atoms with E-state index in [4.69, 9.17) is 4.74 Å². The lowest BCUT2D eigenvalue weighted by Gasteiger charge is -2.30. The number of anilines is 2. The Bertz CT molecular complexity index is 831. The molecule has 0 aromatic heterocycles. The predicted molar refractivity (Wildman–Crippen MR) is 98.5 cm³/mol. The molecule has 5 heteroatoms. The summed E-state index contributed by atoms with van der Waals surface area (Å²) >= 11 is 0. The number of benzene rings is 2. The van der Waals surface area contributed by atoms with Gasteiger partial charge in [0.2, 0.25) is 0 Å². The highest BCUT2D eigenvalue weighted by molar-refractivity contribution is 6.07. The Labute approximate surface area is 147 Å². The van der Waals surface area contributed by atoms with Crippen LogP contribution in [-0.4, -0.2) is 31.5 Å². The Morgan fingerprint density at radius 3 is 2.68 bits per heavy atom. The van der Waals surface area contributed by atoms with E-state index in [1.54, 1.807) is 42.0 Å². The molecule has 3 rings (SSSR count). The van der Waals surface area contributed by atoms with Crippen molar-refractivity contribution in [2.75, 3.05) is 23.4 Å². The fourth-order valence-electron chi connectivity index (χ4n) is 3.05.